The minimum absolute atomic E-state index is 0.703. The van der Waals surface area contributed by atoms with Crippen LogP contribution in [-0.2, 0) is 0 Å². The van der Waals surface area contributed by atoms with Crippen molar-refractivity contribution in [1.29, 1.82) is 0 Å². The van der Waals surface area contributed by atoms with Crippen LogP contribution in [0.4, 0.5) is 0 Å². The molecular formula is C13H29NO2. The zero-order valence-electron chi connectivity index (χ0n) is 10.7. The van der Waals surface area contributed by atoms with Crippen molar-refractivity contribution in [2.75, 3.05) is 6.54 Å². The Kier molecular flexibility index (Phi) is 12.9. The molecule has 0 bridgehead atoms. The van der Waals surface area contributed by atoms with Crippen LogP contribution in [0, 0.1) is 0 Å². The van der Waals surface area contributed by atoms with Crippen LogP contribution in [0.1, 0.15) is 71.1 Å². The lowest BCUT2D eigenvalue weighted by molar-refractivity contribution is -0.0655. The molecule has 0 aliphatic rings. The molecule has 0 aromatic rings. The van der Waals surface area contributed by atoms with Crippen molar-refractivity contribution < 1.29 is 10.2 Å². The summed E-state index contributed by atoms with van der Waals surface area (Å²) in [6, 6.07) is 0. The molecule has 0 rings (SSSR count). The number of nitrogens with one attached hydrogen (secondary N) is 1. The normalized spacial score (nSPS) is 11.2. The zero-order valence-corrected chi connectivity index (χ0v) is 10.7. The molecule has 0 aliphatic carbocycles. The Hall–Kier alpha value is -0.120. The van der Waals surface area contributed by atoms with Gasteiger partial charge in [0.1, 0.15) is 0 Å². The second-order valence-corrected chi connectivity index (χ2v) is 4.51. The topological polar surface area (TPSA) is 52.5 Å². The molecular weight excluding hydrogens is 202 g/mol. The Balaban J connectivity index is 2.88. The van der Waals surface area contributed by atoms with Crippen LogP contribution in [-0.4, -0.2) is 23.2 Å². The molecule has 0 aromatic heterocycles. The van der Waals surface area contributed by atoms with Gasteiger partial charge in [-0.25, -0.2) is 0 Å². The average Bonchev–Trinajstić information content (AvgIpc) is 2.25. The number of hydrogen-bond donors (Lipinski definition) is 3. The minimum atomic E-state index is -1.35. The van der Waals surface area contributed by atoms with Gasteiger partial charge in [0.15, 0.2) is 0 Å². The number of hydrogen-bond acceptors (Lipinski definition) is 3. The highest BCUT2D eigenvalue weighted by molar-refractivity contribution is 4.49. The standard InChI is InChI=1S/C13H29NO2/c1-2-3-4-5-6-7-8-9-10-11-12-14-13(15)16/h13-16H,2-12H2,1H3. The van der Waals surface area contributed by atoms with Gasteiger partial charge in [-0.1, -0.05) is 64.7 Å². The lowest BCUT2D eigenvalue weighted by Gasteiger charge is -2.05. The van der Waals surface area contributed by atoms with E-state index in [-0.39, 0.29) is 0 Å². The first-order valence-electron chi connectivity index (χ1n) is 6.87. The maximum absolute atomic E-state index is 8.54. The fraction of sp³-hybridized carbons (Fsp3) is 1.00. The molecule has 0 aromatic carbocycles. The van der Waals surface area contributed by atoms with Crippen LogP contribution < -0.4 is 5.32 Å². The van der Waals surface area contributed by atoms with Crippen molar-refractivity contribution in [2.45, 2.75) is 77.5 Å². The van der Waals surface area contributed by atoms with E-state index in [1.807, 2.05) is 0 Å². The van der Waals surface area contributed by atoms with E-state index in [9.17, 15) is 0 Å². The highest BCUT2D eigenvalue weighted by Crippen LogP contribution is 2.10. The third kappa shape index (κ3) is 13.9. The van der Waals surface area contributed by atoms with E-state index in [1.54, 1.807) is 0 Å². The maximum Gasteiger partial charge on any atom is 0.210 e. The highest BCUT2D eigenvalue weighted by atomic mass is 16.5. The second kappa shape index (κ2) is 12.9. The summed E-state index contributed by atoms with van der Waals surface area (Å²) >= 11 is 0. The van der Waals surface area contributed by atoms with Gasteiger partial charge in [-0.15, -0.1) is 0 Å². The largest absolute Gasteiger partial charge is 0.356 e. The SMILES string of the molecule is CCCCCCCCCCCCNC(O)O. The van der Waals surface area contributed by atoms with Crippen LogP contribution in [0.25, 0.3) is 0 Å². The summed E-state index contributed by atoms with van der Waals surface area (Å²) in [6.45, 7) is 2.95. The summed E-state index contributed by atoms with van der Waals surface area (Å²) in [5, 5.41) is 19.7. The van der Waals surface area contributed by atoms with Gasteiger partial charge in [0, 0.05) is 0 Å². The summed E-state index contributed by atoms with van der Waals surface area (Å²) in [4.78, 5) is 0. The number of rotatable bonds is 12. The van der Waals surface area contributed by atoms with E-state index in [0.29, 0.717) is 6.54 Å². The van der Waals surface area contributed by atoms with Gasteiger partial charge in [0.2, 0.25) is 6.41 Å². The summed E-state index contributed by atoms with van der Waals surface area (Å²) in [7, 11) is 0. The molecule has 0 aliphatic heterocycles. The second-order valence-electron chi connectivity index (χ2n) is 4.51. The van der Waals surface area contributed by atoms with Crippen molar-refractivity contribution in [2.24, 2.45) is 0 Å². The van der Waals surface area contributed by atoms with Crippen molar-refractivity contribution >= 4 is 0 Å². The van der Waals surface area contributed by atoms with Crippen LogP contribution in [0.2, 0.25) is 0 Å². The molecule has 3 heteroatoms. The molecule has 98 valence electrons. The van der Waals surface area contributed by atoms with Crippen molar-refractivity contribution in [3.8, 4) is 0 Å². The quantitative estimate of drug-likeness (QED) is 0.357. The van der Waals surface area contributed by atoms with Gasteiger partial charge in [-0.3, -0.25) is 5.32 Å². The Morgan fingerprint density at radius 2 is 1.19 bits per heavy atom. The van der Waals surface area contributed by atoms with Gasteiger partial charge >= 0.3 is 0 Å². The fourth-order valence-corrected chi connectivity index (χ4v) is 1.84. The summed E-state index contributed by atoms with van der Waals surface area (Å²) in [5.41, 5.74) is 0. The monoisotopic (exact) mass is 231 g/mol. The summed E-state index contributed by atoms with van der Waals surface area (Å²) in [5.74, 6) is 0. The molecule has 0 unspecified atom stereocenters. The Morgan fingerprint density at radius 3 is 1.62 bits per heavy atom. The van der Waals surface area contributed by atoms with Gasteiger partial charge in [-0.2, -0.15) is 0 Å². The average molecular weight is 231 g/mol. The first kappa shape index (κ1) is 15.9. The maximum atomic E-state index is 8.54. The smallest absolute Gasteiger partial charge is 0.210 e. The molecule has 0 atom stereocenters. The summed E-state index contributed by atoms with van der Waals surface area (Å²) < 4.78 is 0. The first-order chi connectivity index (χ1) is 7.77. The molecule has 0 saturated carbocycles. The van der Waals surface area contributed by atoms with E-state index in [4.69, 9.17) is 10.2 Å². The first-order valence-corrected chi connectivity index (χ1v) is 6.87. The number of aliphatic hydroxyl groups excluding tert-OH is 1. The fourth-order valence-electron chi connectivity index (χ4n) is 1.84. The predicted molar refractivity (Wildman–Crippen MR) is 68.1 cm³/mol. The van der Waals surface area contributed by atoms with Gasteiger partial charge in [-0.05, 0) is 13.0 Å². The van der Waals surface area contributed by atoms with E-state index in [2.05, 4.69) is 12.2 Å². The minimum Gasteiger partial charge on any atom is -0.356 e. The van der Waals surface area contributed by atoms with E-state index in [1.165, 1.54) is 57.8 Å². The lowest BCUT2D eigenvalue weighted by atomic mass is 10.1. The molecule has 0 spiro atoms. The van der Waals surface area contributed by atoms with Gasteiger partial charge in [0.05, 0.1) is 0 Å². The molecule has 0 heterocycles. The van der Waals surface area contributed by atoms with Gasteiger partial charge < -0.3 is 10.2 Å². The summed E-state index contributed by atoms with van der Waals surface area (Å²) in [6.07, 6.45) is 11.7. The number of aliphatic hydroxyl groups is 2. The zero-order chi connectivity index (χ0) is 12.1. The lowest BCUT2D eigenvalue weighted by Crippen LogP contribution is -2.28. The molecule has 0 radical (unpaired) electrons. The molecule has 0 fully saturated rings. The van der Waals surface area contributed by atoms with Crippen molar-refractivity contribution in [3.05, 3.63) is 0 Å². The molecule has 16 heavy (non-hydrogen) atoms. The van der Waals surface area contributed by atoms with Crippen LogP contribution in [0.15, 0.2) is 0 Å². The van der Waals surface area contributed by atoms with Crippen LogP contribution >= 0.6 is 0 Å². The molecule has 3 N–H and O–H groups in total. The van der Waals surface area contributed by atoms with Crippen molar-refractivity contribution in [1.82, 2.24) is 5.32 Å². The van der Waals surface area contributed by atoms with E-state index < -0.39 is 6.41 Å². The molecule has 3 nitrogen and oxygen atoms in total. The third-order valence-corrected chi connectivity index (χ3v) is 2.86. The number of unbranched alkanes of at least 4 members (excludes halogenated alkanes) is 9. The third-order valence-electron chi connectivity index (χ3n) is 2.86. The van der Waals surface area contributed by atoms with Crippen LogP contribution in [0.3, 0.4) is 0 Å². The molecule has 0 amide bonds. The Morgan fingerprint density at radius 1 is 0.750 bits per heavy atom. The van der Waals surface area contributed by atoms with E-state index in [0.717, 1.165) is 6.42 Å². The highest BCUT2D eigenvalue weighted by Gasteiger charge is 1.95. The molecule has 0 saturated heterocycles. The predicted octanol–water partition coefficient (Wildman–Crippen LogP) is 2.77. The van der Waals surface area contributed by atoms with Crippen LogP contribution in [0.5, 0.6) is 0 Å². The van der Waals surface area contributed by atoms with Crippen molar-refractivity contribution in [3.63, 3.8) is 0 Å². The Labute approximate surface area is 100 Å². The van der Waals surface area contributed by atoms with Gasteiger partial charge in [0.25, 0.3) is 0 Å². The Bertz CT molecular complexity index is 129. The van der Waals surface area contributed by atoms with E-state index >= 15 is 0 Å².